The summed E-state index contributed by atoms with van der Waals surface area (Å²) < 4.78 is 0. The molecule has 0 unspecified atom stereocenters. The molecule has 3 aromatic rings. The van der Waals surface area contributed by atoms with Crippen molar-refractivity contribution in [1.29, 1.82) is 0 Å². The summed E-state index contributed by atoms with van der Waals surface area (Å²) in [4.78, 5) is 7.53. The van der Waals surface area contributed by atoms with Crippen LogP contribution in [0.15, 0.2) is 72.8 Å². The smallest absolute Gasteiger partial charge is 0.0236 e. The van der Waals surface area contributed by atoms with Gasteiger partial charge < -0.3 is 17.2 Å². The fourth-order valence-corrected chi connectivity index (χ4v) is 6.13. The molecule has 0 saturated carbocycles. The van der Waals surface area contributed by atoms with Gasteiger partial charge in [0.1, 0.15) is 0 Å². The lowest BCUT2D eigenvalue weighted by Gasteiger charge is -2.16. The van der Waals surface area contributed by atoms with E-state index in [1.165, 1.54) is 111 Å². The predicted molar refractivity (Wildman–Crippen MR) is 177 cm³/mol. The lowest BCUT2D eigenvalue weighted by molar-refractivity contribution is 0.330. The van der Waals surface area contributed by atoms with Crippen molar-refractivity contribution >= 4 is 0 Å². The highest BCUT2D eigenvalue weighted by molar-refractivity contribution is 5.27. The van der Waals surface area contributed by atoms with Gasteiger partial charge in [-0.15, -0.1) is 0 Å². The number of nitrogens with zero attached hydrogens (tertiary/aromatic N) is 3. The topological polar surface area (TPSA) is 87.8 Å². The molecule has 0 aromatic heterocycles. The molecule has 6 heteroatoms. The van der Waals surface area contributed by atoms with Crippen LogP contribution in [0.2, 0.25) is 0 Å². The van der Waals surface area contributed by atoms with Gasteiger partial charge in [0.05, 0.1) is 0 Å². The van der Waals surface area contributed by atoms with E-state index in [1.807, 2.05) is 0 Å². The first kappa shape index (κ1) is 32.3. The molecule has 6 rings (SSSR count). The Bertz CT molecular complexity index is 1150. The van der Waals surface area contributed by atoms with Crippen molar-refractivity contribution in [1.82, 2.24) is 14.7 Å². The van der Waals surface area contributed by atoms with E-state index < -0.39 is 0 Å². The molecule has 42 heavy (non-hydrogen) atoms. The van der Waals surface area contributed by atoms with Crippen molar-refractivity contribution in [3.05, 3.63) is 106 Å². The molecule has 3 aliphatic rings. The van der Waals surface area contributed by atoms with Crippen LogP contribution in [0.4, 0.5) is 0 Å². The van der Waals surface area contributed by atoms with Gasteiger partial charge in [0.2, 0.25) is 0 Å². The summed E-state index contributed by atoms with van der Waals surface area (Å²) in [5.41, 5.74) is 24.8. The highest BCUT2D eigenvalue weighted by Gasteiger charge is 2.13. The Labute approximate surface area is 254 Å². The van der Waals surface area contributed by atoms with Gasteiger partial charge in [-0.05, 0) is 111 Å². The van der Waals surface area contributed by atoms with E-state index in [1.54, 1.807) is 0 Å². The third-order valence-corrected chi connectivity index (χ3v) is 8.63. The van der Waals surface area contributed by atoms with Crippen molar-refractivity contribution < 1.29 is 0 Å². The highest BCUT2D eigenvalue weighted by Crippen LogP contribution is 2.16. The van der Waals surface area contributed by atoms with Crippen molar-refractivity contribution in [2.75, 3.05) is 39.3 Å². The van der Waals surface area contributed by atoms with Gasteiger partial charge in [-0.25, -0.2) is 0 Å². The van der Waals surface area contributed by atoms with Crippen LogP contribution in [0, 0.1) is 0 Å². The summed E-state index contributed by atoms with van der Waals surface area (Å²) in [5.74, 6) is 0. The van der Waals surface area contributed by atoms with Crippen molar-refractivity contribution in [2.24, 2.45) is 17.2 Å². The maximum Gasteiger partial charge on any atom is 0.0236 e. The highest BCUT2D eigenvalue weighted by atomic mass is 15.1. The molecule has 3 aliphatic heterocycles. The minimum absolute atomic E-state index is 0.643. The van der Waals surface area contributed by atoms with E-state index in [-0.39, 0.29) is 0 Å². The van der Waals surface area contributed by atoms with Crippen molar-refractivity contribution in [3.8, 4) is 0 Å². The van der Waals surface area contributed by atoms with Gasteiger partial charge in [0.25, 0.3) is 0 Å². The molecule has 3 fully saturated rings. The first-order valence-corrected chi connectivity index (χ1v) is 16.2. The fraction of sp³-hybridized carbons (Fsp3) is 0.500. The second-order valence-corrected chi connectivity index (χ2v) is 12.0. The van der Waals surface area contributed by atoms with Gasteiger partial charge in [-0.1, -0.05) is 72.8 Å². The summed E-state index contributed by atoms with van der Waals surface area (Å²) >= 11 is 0. The van der Waals surface area contributed by atoms with Crippen LogP contribution in [-0.4, -0.2) is 54.0 Å². The van der Waals surface area contributed by atoms with Crippen LogP contribution in [0.3, 0.4) is 0 Å². The molecule has 0 spiro atoms. The van der Waals surface area contributed by atoms with E-state index in [4.69, 9.17) is 17.2 Å². The molecule has 0 radical (unpaired) electrons. The van der Waals surface area contributed by atoms with Crippen LogP contribution >= 0.6 is 0 Å². The molecule has 0 aliphatic carbocycles. The number of hydrogen-bond donors (Lipinski definition) is 3. The standard InChI is InChI=1S/3C12H18N2/c13-9-11-3-5-12(6-4-11)10-14-7-1-2-8-14;13-9-11-4-3-5-12(8-11)10-14-6-1-2-7-14;13-9-11-5-1-2-6-12(11)10-14-7-3-4-8-14/h3-6H,1-2,7-10,13H2;3-5,8H,1-2,6-7,9-10,13H2;1-2,5-6H,3-4,7-10,13H2. The second kappa shape index (κ2) is 18.2. The Morgan fingerprint density at radius 3 is 1.38 bits per heavy atom. The SMILES string of the molecule is NCc1ccc(CN2CCCC2)cc1.NCc1cccc(CN2CCCC2)c1.NCc1ccccc1CN1CCCC1. The normalized spacial score (nSPS) is 17.5. The van der Waals surface area contributed by atoms with Crippen LogP contribution in [0.5, 0.6) is 0 Å². The predicted octanol–water partition coefficient (Wildman–Crippen LogP) is 5.22. The van der Waals surface area contributed by atoms with Crippen molar-refractivity contribution in [3.63, 3.8) is 0 Å². The van der Waals surface area contributed by atoms with Crippen molar-refractivity contribution in [2.45, 2.75) is 77.8 Å². The molecular formula is C36H54N6. The van der Waals surface area contributed by atoms with E-state index in [9.17, 15) is 0 Å². The average Bonchev–Trinajstić information content (AvgIpc) is 3.84. The minimum Gasteiger partial charge on any atom is -0.326 e. The Morgan fingerprint density at radius 2 is 0.857 bits per heavy atom. The van der Waals surface area contributed by atoms with E-state index >= 15 is 0 Å². The maximum absolute atomic E-state index is 5.71. The van der Waals surface area contributed by atoms with Gasteiger partial charge >= 0.3 is 0 Å². The Hall–Kier alpha value is -2.58. The summed E-state index contributed by atoms with van der Waals surface area (Å²) in [5, 5.41) is 0. The number of nitrogens with two attached hydrogens (primary N) is 3. The zero-order valence-electron chi connectivity index (χ0n) is 25.7. The quantitative estimate of drug-likeness (QED) is 0.327. The third-order valence-electron chi connectivity index (χ3n) is 8.63. The van der Waals surface area contributed by atoms with Crippen LogP contribution in [0.1, 0.15) is 71.9 Å². The number of rotatable bonds is 9. The molecule has 3 heterocycles. The number of likely N-dealkylation sites (tertiary alicyclic amines) is 3. The summed E-state index contributed by atoms with van der Waals surface area (Å²) in [7, 11) is 0. The molecule has 0 bridgehead atoms. The van der Waals surface area contributed by atoms with Crippen LogP contribution in [-0.2, 0) is 39.3 Å². The molecule has 0 amide bonds. The number of benzene rings is 3. The zero-order valence-corrected chi connectivity index (χ0v) is 25.7. The lowest BCUT2D eigenvalue weighted by Crippen LogP contribution is -2.19. The average molecular weight is 571 g/mol. The largest absolute Gasteiger partial charge is 0.326 e. The van der Waals surface area contributed by atoms with E-state index in [0.717, 1.165) is 19.6 Å². The summed E-state index contributed by atoms with van der Waals surface area (Å²) in [6, 6.07) is 25.8. The zero-order chi connectivity index (χ0) is 29.4. The Kier molecular flexibility index (Phi) is 14.0. The molecule has 3 saturated heterocycles. The van der Waals surface area contributed by atoms with Crippen LogP contribution < -0.4 is 17.2 Å². The molecule has 6 nitrogen and oxygen atoms in total. The first-order chi connectivity index (χ1) is 20.7. The van der Waals surface area contributed by atoms with Gasteiger partial charge in [0.15, 0.2) is 0 Å². The Balaban J connectivity index is 0.000000145. The van der Waals surface area contributed by atoms with Gasteiger partial charge in [0, 0.05) is 39.3 Å². The molecule has 6 N–H and O–H groups in total. The first-order valence-electron chi connectivity index (χ1n) is 16.2. The summed E-state index contributed by atoms with van der Waals surface area (Å²) in [6.45, 7) is 12.8. The maximum atomic E-state index is 5.71. The third kappa shape index (κ3) is 10.9. The van der Waals surface area contributed by atoms with Crippen LogP contribution in [0.25, 0.3) is 0 Å². The molecule has 0 atom stereocenters. The number of hydrogen-bond acceptors (Lipinski definition) is 6. The van der Waals surface area contributed by atoms with E-state index in [2.05, 4.69) is 87.5 Å². The lowest BCUT2D eigenvalue weighted by atomic mass is 10.1. The molecule has 3 aromatic carbocycles. The molecule has 228 valence electrons. The molecular weight excluding hydrogens is 516 g/mol. The second-order valence-electron chi connectivity index (χ2n) is 12.0. The fourth-order valence-electron chi connectivity index (χ4n) is 6.13. The van der Waals surface area contributed by atoms with Gasteiger partial charge in [-0.2, -0.15) is 0 Å². The van der Waals surface area contributed by atoms with Gasteiger partial charge in [-0.3, -0.25) is 14.7 Å². The van der Waals surface area contributed by atoms with E-state index in [0.29, 0.717) is 19.6 Å². The Morgan fingerprint density at radius 1 is 0.405 bits per heavy atom. The minimum atomic E-state index is 0.643. The summed E-state index contributed by atoms with van der Waals surface area (Å²) in [6.07, 6.45) is 8.14. The monoisotopic (exact) mass is 570 g/mol.